The number of anilines is 1. The van der Waals surface area contributed by atoms with Crippen LogP contribution in [0.15, 0.2) is 35.6 Å². The van der Waals surface area contributed by atoms with Gasteiger partial charge in [-0.1, -0.05) is 16.8 Å². The maximum Gasteiger partial charge on any atom is 0.278 e. The van der Waals surface area contributed by atoms with Crippen molar-refractivity contribution in [2.75, 3.05) is 4.90 Å². The van der Waals surface area contributed by atoms with Crippen molar-refractivity contribution in [3.8, 4) is 0 Å². The first-order valence-corrected chi connectivity index (χ1v) is 7.73. The molecule has 2 aliphatic rings. The molecule has 8 heteroatoms. The molecule has 0 unspecified atom stereocenters. The molecule has 7 nitrogen and oxygen atoms in total. The van der Waals surface area contributed by atoms with Crippen LogP contribution >= 0.6 is 11.6 Å². The summed E-state index contributed by atoms with van der Waals surface area (Å²) < 4.78 is 1.68. The SMILES string of the molecule is Cc1c(C2=NO[C@H]3C(=O)N(c4ccc(Cl)cc4)C(=O)[C@@H]23)cnn1C. The Morgan fingerprint density at radius 2 is 1.88 bits per heavy atom. The summed E-state index contributed by atoms with van der Waals surface area (Å²) in [5, 5.41) is 8.67. The quantitative estimate of drug-likeness (QED) is 0.777. The zero-order valence-electron chi connectivity index (χ0n) is 12.9. The van der Waals surface area contributed by atoms with Gasteiger partial charge in [0.05, 0.1) is 11.9 Å². The molecule has 2 amide bonds. The number of rotatable bonds is 2. The second kappa shape index (κ2) is 5.17. The van der Waals surface area contributed by atoms with E-state index in [0.717, 1.165) is 10.6 Å². The van der Waals surface area contributed by atoms with Gasteiger partial charge in [-0.25, -0.2) is 4.90 Å². The van der Waals surface area contributed by atoms with Crippen molar-refractivity contribution in [1.29, 1.82) is 0 Å². The predicted molar refractivity (Wildman–Crippen MR) is 86.8 cm³/mol. The molecule has 4 rings (SSSR count). The molecule has 122 valence electrons. The third-order valence-electron chi connectivity index (χ3n) is 4.41. The number of oxime groups is 1. The van der Waals surface area contributed by atoms with Gasteiger partial charge in [-0.3, -0.25) is 14.3 Å². The summed E-state index contributed by atoms with van der Waals surface area (Å²) in [6.45, 7) is 1.87. The maximum atomic E-state index is 12.9. The highest BCUT2D eigenvalue weighted by atomic mass is 35.5. The van der Waals surface area contributed by atoms with Crippen LogP contribution in [-0.2, 0) is 21.5 Å². The Hall–Kier alpha value is -2.67. The van der Waals surface area contributed by atoms with Crippen LogP contribution in [0.1, 0.15) is 11.3 Å². The van der Waals surface area contributed by atoms with Crippen LogP contribution in [0.4, 0.5) is 5.69 Å². The van der Waals surface area contributed by atoms with E-state index in [2.05, 4.69) is 10.3 Å². The summed E-state index contributed by atoms with van der Waals surface area (Å²) in [6, 6.07) is 6.52. The number of carbonyl (C=O) groups excluding carboxylic acids is 2. The van der Waals surface area contributed by atoms with Crippen LogP contribution in [0.5, 0.6) is 0 Å². The van der Waals surface area contributed by atoms with E-state index < -0.39 is 17.9 Å². The van der Waals surface area contributed by atoms with Gasteiger partial charge < -0.3 is 4.84 Å². The number of fused-ring (bicyclic) bond motifs is 1. The maximum absolute atomic E-state index is 12.9. The fourth-order valence-corrected chi connectivity index (χ4v) is 3.12. The molecule has 3 heterocycles. The van der Waals surface area contributed by atoms with E-state index in [1.807, 2.05) is 6.92 Å². The Morgan fingerprint density at radius 3 is 2.50 bits per heavy atom. The molecule has 2 aliphatic heterocycles. The average molecular weight is 345 g/mol. The van der Waals surface area contributed by atoms with Gasteiger partial charge in [0.15, 0.2) is 0 Å². The lowest BCUT2D eigenvalue weighted by Gasteiger charge is -2.15. The molecule has 0 aliphatic carbocycles. The van der Waals surface area contributed by atoms with Gasteiger partial charge in [0, 0.05) is 23.3 Å². The van der Waals surface area contributed by atoms with Crippen LogP contribution in [0.2, 0.25) is 5.02 Å². The molecule has 0 N–H and O–H groups in total. The number of hydrogen-bond acceptors (Lipinski definition) is 5. The highest BCUT2D eigenvalue weighted by Crippen LogP contribution is 2.35. The molecule has 1 aromatic heterocycles. The number of carbonyl (C=O) groups is 2. The van der Waals surface area contributed by atoms with Crippen molar-refractivity contribution >= 4 is 34.8 Å². The third-order valence-corrected chi connectivity index (χ3v) is 4.66. The largest absolute Gasteiger partial charge is 0.381 e. The zero-order chi connectivity index (χ0) is 17.0. The highest BCUT2D eigenvalue weighted by Gasteiger charge is 2.56. The molecule has 0 spiro atoms. The summed E-state index contributed by atoms with van der Waals surface area (Å²) >= 11 is 5.87. The molecular formula is C16H13ClN4O3. The number of aryl methyl sites for hydroxylation is 1. The van der Waals surface area contributed by atoms with Gasteiger partial charge in [-0.05, 0) is 31.2 Å². The minimum Gasteiger partial charge on any atom is -0.381 e. The van der Waals surface area contributed by atoms with Crippen molar-refractivity contribution in [1.82, 2.24) is 9.78 Å². The highest BCUT2D eigenvalue weighted by molar-refractivity contribution is 6.33. The monoisotopic (exact) mass is 344 g/mol. The summed E-state index contributed by atoms with van der Waals surface area (Å²) in [5.41, 5.74) is 2.47. The first kappa shape index (κ1) is 14.9. The van der Waals surface area contributed by atoms with E-state index in [0.29, 0.717) is 22.0 Å². The zero-order valence-corrected chi connectivity index (χ0v) is 13.7. The normalized spacial score (nSPS) is 22.6. The minimum atomic E-state index is -0.928. The van der Waals surface area contributed by atoms with Crippen molar-refractivity contribution in [3.63, 3.8) is 0 Å². The topological polar surface area (TPSA) is 76.8 Å². The molecule has 1 aromatic carbocycles. The van der Waals surface area contributed by atoms with Crippen LogP contribution in [0.3, 0.4) is 0 Å². The van der Waals surface area contributed by atoms with Crippen molar-refractivity contribution in [2.45, 2.75) is 13.0 Å². The summed E-state index contributed by atoms with van der Waals surface area (Å²) in [7, 11) is 1.80. The molecule has 1 saturated heterocycles. The van der Waals surface area contributed by atoms with Crippen molar-refractivity contribution < 1.29 is 14.4 Å². The van der Waals surface area contributed by atoms with Crippen LogP contribution in [-0.4, -0.2) is 33.4 Å². The Balaban J connectivity index is 1.72. The molecule has 0 bridgehead atoms. The molecule has 1 fully saturated rings. The number of hydrogen-bond donors (Lipinski definition) is 0. The molecule has 0 saturated carbocycles. The second-order valence-corrected chi connectivity index (χ2v) is 6.17. The van der Waals surface area contributed by atoms with E-state index >= 15 is 0 Å². The van der Waals surface area contributed by atoms with Crippen molar-refractivity contribution in [3.05, 3.63) is 46.7 Å². The average Bonchev–Trinajstić information content (AvgIpc) is 3.20. The Bertz CT molecular complexity index is 887. The standard InChI is InChI=1S/C16H13ClN4O3/c1-8-11(7-18-20(8)2)13-12-14(24-19-13)16(23)21(15(12)22)10-5-3-9(17)4-6-10/h3-7,12,14H,1-2H3/t12-,14+/m0/s1. The van der Waals surface area contributed by atoms with Crippen LogP contribution in [0, 0.1) is 12.8 Å². The molecule has 24 heavy (non-hydrogen) atoms. The van der Waals surface area contributed by atoms with Gasteiger partial charge >= 0.3 is 0 Å². The van der Waals surface area contributed by atoms with Gasteiger partial charge in [-0.15, -0.1) is 0 Å². The van der Waals surface area contributed by atoms with E-state index in [9.17, 15) is 9.59 Å². The summed E-state index contributed by atoms with van der Waals surface area (Å²) in [6.07, 6.45) is 0.700. The van der Waals surface area contributed by atoms with Crippen LogP contribution in [0.25, 0.3) is 0 Å². The Labute approximate surface area is 142 Å². The predicted octanol–water partition coefficient (Wildman–Crippen LogP) is 1.67. The third kappa shape index (κ3) is 1.98. The number of halogens is 1. The van der Waals surface area contributed by atoms with Gasteiger partial charge in [0.2, 0.25) is 12.0 Å². The van der Waals surface area contributed by atoms with E-state index in [1.54, 1.807) is 42.2 Å². The minimum absolute atomic E-state index is 0.355. The smallest absolute Gasteiger partial charge is 0.278 e. The summed E-state index contributed by atoms with van der Waals surface area (Å²) in [5.74, 6) is -1.53. The number of amides is 2. The number of nitrogens with zero attached hydrogens (tertiary/aromatic N) is 4. The first-order valence-electron chi connectivity index (χ1n) is 7.35. The van der Waals surface area contributed by atoms with Gasteiger partial charge in [0.25, 0.3) is 5.91 Å². The van der Waals surface area contributed by atoms with Crippen molar-refractivity contribution in [2.24, 2.45) is 18.1 Å². The fraction of sp³-hybridized carbons (Fsp3) is 0.250. The van der Waals surface area contributed by atoms with E-state index in [4.69, 9.17) is 16.4 Å². The lowest BCUT2D eigenvalue weighted by molar-refractivity contribution is -0.126. The number of aromatic nitrogens is 2. The van der Waals surface area contributed by atoms with E-state index in [1.165, 1.54) is 0 Å². The Kier molecular flexibility index (Phi) is 3.21. The fourth-order valence-electron chi connectivity index (χ4n) is 3.00. The summed E-state index contributed by atoms with van der Waals surface area (Å²) in [4.78, 5) is 31.9. The van der Waals surface area contributed by atoms with Gasteiger partial charge in [-0.2, -0.15) is 5.10 Å². The Morgan fingerprint density at radius 1 is 1.17 bits per heavy atom. The van der Waals surface area contributed by atoms with Gasteiger partial charge in [0.1, 0.15) is 11.6 Å². The molecule has 0 radical (unpaired) electrons. The molecular weight excluding hydrogens is 332 g/mol. The van der Waals surface area contributed by atoms with E-state index in [-0.39, 0.29) is 5.91 Å². The molecule has 2 aromatic rings. The number of imide groups is 1. The number of benzene rings is 1. The second-order valence-electron chi connectivity index (χ2n) is 5.74. The molecule has 2 atom stereocenters. The van der Waals surface area contributed by atoms with Crippen LogP contribution < -0.4 is 4.90 Å². The lowest BCUT2D eigenvalue weighted by atomic mass is 9.94. The first-order chi connectivity index (χ1) is 11.5. The lowest BCUT2D eigenvalue weighted by Crippen LogP contribution is -2.33.